The van der Waals surface area contributed by atoms with E-state index in [0.717, 1.165) is 11.1 Å². The number of benzene rings is 2. The molecule has 8 nitrogen and oxygen atoms in total. The summed E-state index contributed by atoms with van der Waals surface area (Å²) in [5, 5.41) is 10.7. The summed E-state index contributed by atoms with van der Waals surface area (Å²) in [4.78, 5) is 46.3. The summed E-state index contributed by atoms with van der Waals surface area (Å²) in [6.45, 7) is 9.94. The first-order valence-corrected chi connectivity index (χ1v) is 15.2. The number of nitrogens with zero attached hydrogens (tertiary/aromatic N) is 2. The van der Waals surface area contributed by atoms with Crippen molar-refractivity contribution in [2.75, 3.05) is 19.8 Å². The van der Waals surface area contributed by atoms with Crippen molar-refractivity contribution >= 4 is 17.8 Å². The van der Waals surface area contributed by atoms with Crippen LogP contribution in [0.3, 0.4) is 0 Å². The Morgan fingerprint density at radius 3 is 2.37 bits per heavy atom. The van der Waals surface area contributed by atoms with Crippen molar-refractivity contribution in [3.8, 4) is 0 Å². The van der Waals surface area contributed by atoms with Gasteiger partial charge in [-0.1, -0.05) is 79.7 Å². The number of aliphatic hydroxyl groups is 1. The van der Waals surface area contributed by atoms with Gasteiger partial charge in [0.1, 0.15) is 17.6 Å². The molecular formula is C35H42N2O6. The molecule has 0 radical (unpaired) electrons. The van der Waals surface area contributed by atoms with Gasteiger partial charge in [-0.3, -0.25) is 14.4 Å². The van der Waals surface area contributed by atoms with Gasteiger partial charge in [0, 0.05) is 13.1 Å². The lowest BCUT2D eigenvalue weighted by molar-refractivity contribution is -0.163. The molecule has 3 aliphatic rings. The van der Waals surface area contributed by atoms with Crippen LogP contribution in [0.15, 0.2) is 86.0 Å². The number of esters is 1. The first-order chi connectivity index (χ1) is 20.9. The first-order valence-electron chi connectivity index (χ1n) is 15.2. The standard InChI is InChI=1S/C35H42N2O6/c1-4-7-21-42-33(41)29-28-31(39)37(27(24-38)22-25-14-10-8-11-15-25)30(35(28)19-18-34(29,6-3)43-35)32(40)36(20-5-2)23-26-16-12-9-13-17-26/h4-5,8-17,27-30,38H,1-2,6-7,18-24H2,3H3/t27-,28+,29+,30?,34-,35?/m1/s1. The number of likely N-dealkylation sites (tertiary alicyclic amines) is 1. The summed E-state index contributed by atoms with van der Waals surface area (Å²) < 4.78 is 12.5. The Kier molecular flexibility index (Phi) is 9.18. The molecule has 3 saturated heterocycles. The van der Waals surface area contributed by atoms with Gasteiger partial charge in [-0.25, -0.2) is 0 Å². The molecule has 43 heavy (non-hydrogen) atoms. The van der Waals surface area contributed by atoms with Crippen LogP contribution in [-0.4, -0.2) is 75.7 Å². The van der Waals surface area contributed by atoms with Crippen molar-refractivity contribution in [1.82, 2.24) is 9.80 Å². The molecule has 2 aromatic rings. The summed E-state index contributed by atoms with van der Waals surface area (Å²) in [7, 11) is 0. The average Bonchev–Trinajstić information content (AvgIpc) is 3.64. The molecular weight excluding hydrogens is 544 g/mol. The molecule has 2 bridgehead atoms. The van der Waals surface area contributed by atoms with Crippen LogP contribution in [0.1, 0.15) is 43.7 Å². The quantitative estimate of drug-likeness (QED) is 0.204. The Labute approximate surface area is 254 Å². The minimum Gasteiger partial charge on any atom is -0.465 e. The topological polar surface area (TPSA) is 96.4 Å². The maximum atomic E-state index is 14.8. The van der Waals surface area contributed by atoms with E-state index < -0.39 is 41.1 Å². The lowest BCUT2D eigenvalue weighted by Gasteiger charge is -2.39. The van der Waals surface area contributed by atoms with E-state index in [1.165, 1.54) is 4.90 Å². The van der Waals surface area contributed by atoms with E-state index in [9.17, 15) is 19.5 Å². The normalized spacial score (nSPS) is 27.9. The van der Waals surface area contributed by atoms with Crippen molar-refractivity contribution in [3.63, 3.8) is 0 Å². The molecule has 1 N–H and O–H groups in total. The van der Waals surface area contributed by atoms with Crippen LogP contribution in [0.25, 0.3) is 0 Å². The Morgan fingerprint density at radius 1 is 1.09 bits per heavy atom. The SMILES string of the molecule is C=CCCOC(=O)[C@@H]1[C@H]2C(=O)N([C@@H](CO)Cc3ccccc3)C(C(=O)N(CC=C)Cc3ccccc3)C23CC[C@@]1(CC)O3. The number of aliphatic hydroxyl groups excluding tert-OH is 1. The Bertz CT molecular complexity index is 1330. The van der Waals surface area contributed by atoms with Crippen molar-refractivity contribution in [1.29, 1.82) is 0 Å². The first kappa shape index (κ1) is 30.7. The molecule has 3 aliphatic heterocycles. The highest BCUT2D eigenvalue weighted by atomic mass is 16.6. The molecule has 2 aromatic carbocycles. The maximum Gasteiger partial charge on any atom is 0.312 e. The number of carbonyl (C=O) groups excluding carboxylic acids is 3. The van der Waals surface area contributed by atoms with Crippen molar-refractivity contribution in [3.05, 3.63) is 97.1 Å². The van der Waals surface area contributed by atoms with E-state index in [4.69, 9.17) is 9.47 Å². The van der Waals surface area contributed by atoms with Gasteiger partial charge in [-0.05, 0) is 43.2 Å². The summed E-state index contributed by atoms with van der Waals surface area (Å²) in [6, 6.07) is 17.5. The van der Waals surface area contributed by atoms with Gasteiger partial charge >= 0.3 is 5.97 Å². The number of hydrogen-bond acceptors (Lipinski definition) is 6. The second-order valence-corrected chi connectivity index (χ2v) is 11.8. The Morgan fingerprint density at radius 2 is 1.77 bits per heavy atom. The van der Waals surface area contributed by atoms with Crippen LogP contribution in [0.2, 0.25) is 0 Å². The van der Waals surface area contributed by atoms with E-state index in [1.54, 1.807) is 17.1 Å². The molecule has 5 rings (SSSR count). The van der Waals surface area contributed by atoms with Gasteiger partial charge in [0.25, 0.3) is 0 Å². The van der Waals surface area contributed by atoms with E-state index in [0.29, 0.717) is 38.6 Å². The molecule has 8 heteroatoms. The van der Waals surface area contributed by atoms with Crippen LogP contribution in [0, 0.1) is 11.8 Å². The van der Waals surface area contributed by atoms with Gasteiger partial charge in [-0.2, -0.15) is 0 Å². The second-order valence-electron chi connectivity index (χ2n) is 11.8. The minimum atomic E-state index is -1.22. The summed E-state index contributed by atoms with van der Waals surface area (Å²) in [5.74, 6) is -2.83. The molecule has 1 spiro atoms. The van der Waals surface area contributed by atoms with Crippen LogP contribution in [0.4, 0.5) is 0 Å². The monoisotopic (exact) mass is 586 g/mol. The molecule has 0 aromatic heterocycles. The summed E-state index contributed by atoms with van der Waals surface area (Å²) in [6.07, 6.45) is 5.69. The summed E-state index contributed by atoms with van der Waals surface area (Å²) >= 11 is 0. The molecule has 3 fully saturated rings. The van der Waals surface area contributed by atoms with Gasteiger partial charge in [-0.15, -0.1) is 13.2 Å². The fourth-order valence-electron chi connectivity index (χ4n) is 7.52. The molecule has 2 unspecified atom stereocenters. The van der Waals surface area contributed by atoms with Gasteiger partial charge in [0.05, 0.1) is 30.8 Å². The number of amides is 2. The molecule has 228 valence electrons. The second kappa shape index (κ2) is 12.9. The van der Waals surface area contributed by atoms with Gasteiger partial charge < -0.3 is 24.4 Å². The zero-order valence-corrected chi connectivity index (χ0v) is 24.9. The predicted molar refractivity (Wildman–Crippen MR) is 163 cm³/mol. The largest absolute Gasteiger partial charge is 0.465 e. The number of fused-ring (bicyclic) bond motifs is 1. The number of hydrogen-bond donors (Lipinski definition) is 1. The highest BCUT2D eigenvalue weighted by molar-refractivity contribution is 5.98. The lowest BCUT2D eigenvalue weighted by atomic mass is 9.65. The molecule has 3 heterocycles. The number of rotatable bonds is 14. The molecule has 0 aliphatic carbocycles. The summed E-state index contributed by atoms with van der Waals surface area (Å²) in [5.41, 5.74) is -0.242. The van der Waals surface area contributed by atoms with E-state index in [1.807, 2.05) is 67.6 Å². The number of carbonyl (C=O) groups is 3. The fraction of sp³-hybridized carbons (Fsp3) is 0.457. The highest BCUT2D eigenvalue weighted by Gasteiger charge is 2.79. The zero-order chi connectivity index (χ0) is 30.6. The molecule has 0 saturated carbocycles. The van der Waals surface area contributed by atoms with Crippen molar-refractivity contribution in [2.45, 2.75) is 68.9 Å². The zero-order valence-electron chi connectivity index (χ0n) is 24.9. The third-order valence-corrected chi connectivity index (χ3v) is 9.47. The Hall–Kier alpha value is -3.75. The van der Waals surface area contributed by atoms with E-state index in [2.05, 4.69) is 13.2 Å². The minimum absolute atomic E-state index is 0.163. The third-order valence-electron chi connectivity index (χ3n) is 9.47. The van der Waals surface area contributed by atoms with Crippen molar-refractivity contribution in [2.24, 2.45) is 11.8 Å². The smallest absolute Gasteiger partial charge is 0.312 e. The van der Waals surface area contributed by atoms with Gasteiger partial charge in [0.15, 0.2) is 0 Å². The van der Waals surface area contributed by atoms with E-state index in [-0.39, 0.29) is 31.6 Å². The predicted octanol–water partition coefficient (Wildman–Crippen LogP) is 4.08. The average molecular weight is 587 g/mol. The highest BCUT2D eigenvalue weighted by Crippen LogP contribution is 2.65. The molecule has 2 amide bonds. The van der Waals surface area contributed by atoms with Crippen LogP contribution < -0.4 is 0 Å². The maximum absolute atomic E-state index is 14.8. The van der Waals surface area contributed by atoms with Crippen molar-refractivity contribution < 1.29 is 29.0 Å². The van der Waals surface area contributed by atoms with Crippen LogP contribution in [0.5, 0.6) is 0 Å². The van der Waals surface area contributed by atoms with Gasteiger partial charge in [0.2, 0.25) is 11.8 Å². The van der Waals surface area contributed by atoms with Crippen LogP contribution >= 0.6 is 0 Å². The molecule has 6 atom stereocenters. The van der Waals surface area contributed by atoms with Crippen LogP contribution in [-0.2, 0) is 36.8 Å². The third kappa shape index (κ3) is 5.43. The van der Waals surface area contributed by atoms with E-state index >= 15 is 0 Å². The lowest BCUT2D eigenvalue weighted by Crippen LogP contribution is -2.59. The Balaban J connectivity index is 1.58. The number of ether oxygens (including phenoxy) is 2. The fourth-order valence-corrected chi connectivity index (χ4v) is 7.52.